The van der Waals surface area contributed by atoms with Gasteiger partial charge in [0.05, 0.1) is 6.07 Å². The number of hydrogen-bond acceptors (Lipinski definition) is 4. The van der Waals surface area contributed by atoms with Crippen molar-refractivity contribution in [2.45, 2.75) is 20.8 Å². The quantitative estimate of drug-likeness (QED) is 0.523. The van der Waals surface area contributed by atoms with E-state index in [4.69, 9.17) is 20.3 Å². The fourth-order valence-corrected chi connectivity index (χ4v) is 0. The van der Waals surface area contributed by atoms with Crippen LogP contribution in [0.2, 0.25) is 0 Å². The monoisotopic (exact) mass is 177 g/mol. The highest BCUT2D eigenvalue weighted by Crippen LogP contribution is 1.50. The summed E-state index contributed by atoms with van der Waals surface area (Å²) in [5, 5.41) is 21.2. The number of carboxylic acid groups (broad SMARTS) is 1. The molecule has 0 atom stereocenters. The fourth-order valence-electron chi connectivity index (χ4n) is 0. The number of Topliss-reactive ketones (excluding diaryl/α,β-unsaturated/α-hetero) is 1. The zero-order chi connectivity index (χ0) is 11.0. The number of carbonyl (C=O) groups is 2. The van der Waals surface area contributed by atoms with E-state index in [-0.39, 0.29) is 12.3 Å². The van der Waals surface area contributed by atoms with E-state index in [1.165, 1.54) is 20.8 Å². The van der Waals surface area contributed by atoms with E-state index in [1.54, 1.807) is 6.07 Å². The van der Waals surface area contributed by atoms with Crippen molar-refractivity contribution in [3.63, 3.8) is 0 Å². The lowest BCUT2D eigenvalue weighted by atomic mass is 10.6. The van der Waals surface area contributed by atoms with E-state index in [1.807, 2.05) is 0 Å². The van der Waals surface area contributed by atoms with Gasteiger partial charge in [-0.1, -0.05) is 0 Å². The van der Waals surface area contributed by atoms with Gasteiger partial charge in [-0.3, -0.25) is 4.79 Å². The standard InChI is InChI=1S/C3H6O.C2H3N.CH2O2.CH4O/c1-3(2)4;1-2-3;2-1-3;1-2/h1-2H3;1H3;1H,(H,2,3);2H,1H3. The topological polar surface area (TPSA) is 98.4 Å². The second kappa shape index (κ2) is 54.9. The zero-order valence-electron chi connectivity index (χ0n) is 7.74. The second-order valence-corrected chi connectivity index (χ2v) is 1.24. The minimum absolute atomic E-state index is 0.167. The SMILES string of the molecule is CC#N.CC(C)=O.CO.O=CO. The molecule has 2 N–H and O–H groups in total. The molecule has 72 valence electrons. The third-order valence-corrected chi connectivity index (χ3v) is 0. The first-order valence-electron chi connectivity index (χ1n) is 2.87. The van der Waals surface area contributed by atoms with Crippen LogP contribution in [-0.2, 0) is 9.59 Å². The summed E-state index contributed by atoms with van der Waals surface area (Å²) < 4.78 is 0. The number of hydrogen-bond donors (Lipinski definition) is 2. The molecule has 0 rings (SSSR count). The molecule has 0 amide bonds. The van der Waals surface area contributed by atoms with E-state index in [0.29, 0.717) is 0 Å². The van der Waals surface area contributed by atoms with E-state index >= 15 is 0 Å². The van der Waals surface area contributed by atoms with E-state index in [0.717, 1.165) is 7.11 Å². The lowest BCUT2D eigenvalue weighted by Crippen LogP contribution is -1.69. The number of carbonyl (C=O) groups excluding carboxylic acids is 1. The maximum Gasteiger partial charge on any atom is 0.290 e. The number of aliphatic hydroxyl groups is 1. The Labute approximate surface area is 72.3 Å². The third kappa shape index (κ3) is 249. The Bertz CT molecular complexity index is 113. The van der Waals surface area contributed by atoms with Crippen molar-refractivity contribution >= 4 is 12.3 Å². The minimum Gasteiger partial charge on any atom is -0.483 e. The van der Waals surface area contributed by atoms with E-state index < -0.39 is 0 Å². The van der Waals surface area contributed by atoms with Gasteiger partial charge in [-0.25, -0.2) is 0 Å². The molecule has 0 unspecified atom stereocenters. The Balaban J connectivity index is -0.0000000368. The predicted molar refractivity (Wildman–Crippen MR) is 44.5 cm³/mol. The Morgan fingerprint density at radius 2 is 1.42 bits per heavy atom. The molecule has 0 saturated heterocycles. The highest BCUT2D eigenvalue weighted by molar-refractivity contribution is 5.72. The number of aliphatic hydroxyl groups excluding tert-OH is 1. The molecule has 0 aromatic heterocycles. The summed E-state index contributed by atoms with van der Waals surface area (Å²) in [6.45, 7) is 4.24. The van der Waals surface area contributed by atoms with Crippen molar-refractivity contribution in [1.29, 1.82) is 5.26 Å². The molecule has 0 aliphatic heterocycles. The molecule has 0 radical (unpaired) electrons. The van der Waals surface area contributed by atoms with Gasteiger partial charge >= 0.3 is 0 Å². The van der Waals surface area contributed by atoms with Crippen LogP contribution < -0.4 is 0 Å². The normalized spacial score (nSPS) is 4.33. The maximum absolute atomic E-state index is 9.44. The summed E-state index contributed by atoms with van der Waals surface area (Å²) in [7, 11) is 1.00. The first-order valence-corrected chi connectivity index (χ1v) is 2.87. The van der Waals surface area contributed by atoms with E-state index in [2.05, 4.69) is 0 Å². The van der Waals surface area contributed by atoms with Gasteiger partial charge in [-0.05, 0) is 13.8 Å². The zero-order valence-corrected chi connectivity index (χ0v) is 7.74. The van der Waals surface area contributed by atoms with Crippen LogP contribution in [0.5, 0.6) is 0 Å². The highest BCUT2D eigenvalue weighted by atomic mass is 16.3. The number of nitrogens with zero attached hydrogens (tertiary/aromatic N) is 1. The summed E-state index contributed by atoms with van der Waals surface area (Å²) >= 11 is 0. The Kier molecular flexibility index (Phi) is 103. The largest absolute Gasteiger partial charge is 0.483 e. The highest BCUT2D eigenvalue weighted by Gasteiger charge is 1.62. The smallest absolute Gasteiger partial charge is 0.290 e. The molecule has 0 aromatic carbocycles. The Morgan fingerprint density at radius 3 is 1.42 bits per heavy atom. The Morgan fingerprint density at radius 1 is 1.42 bits per heavy atom. The van der Waals surface area contributed by atoms with Gasteiger partial charge in [-0.2, -0.15) is 5.26 Å². The first kappa shape index (κ1) is 22.4. The average molecular weight is 177 g/mol. The van der Waals surface area contributed by atoms with Crippen molar-refractivity contribution < 1.29 is 19.8 Å². The van der Waals surface area contributed by atoms with Gasteiger partial charge in [0.2, 0.25) is 0 Å². The van der Waals surface area contributed by atoms with Gasteiger partial charge < -0.3 is 15.0 Å². The van der Waals surface area contributed by atoms with Crippen molar-refractivity contribution in [3.05, 3.63) is 0 Å². The van der Waals surface area contributed by atoms with Gasteiger partial charge in [0.15, 0.2) is 0 Å². The maximum atomic E-state index is 9.44. The molecular weight excluding hydrogens is 162 g/mol. The van der Waals surface area contributed by atoms with E-state index in [9.17, 15) is 4.79 Å². The summed E-state index contributed by atoms with van der Waals surface area (Å²) in [4.78, 5) is 17.8. The lowest BCUT2D eigenvalue weighted by Gasteiger charge is -1.56. The van der Waals surface area contributed by atoms with Gasteiger partial charge in [-0.15, -0.1) is 0 Å². The molecule has 0 aromatic rings. The van der Waals surface area contributed by atoms with Crippen LogP contribution in [0.3, 0.4) is 0 Å². The first-order chi connectivity index (χ1) is 5.56. The van der Waals surface area contributed by atoms with Crippen LogP contribution in [0, 0.1) is 11.3 Å². The number of ketones is 1. The van der Waals surface area contributed by atoms with Crippen LogP contribution >= 0.6 is 0 Å². The minimum atomic E-state index is -0.250. The van der Waals surface area contributed by atoms with Crippen molar-refractivity contribution in [2.24, 2.45) is 0 Å². The molecule has 0 bridgehead atoms. The second-order valence-electron chi connectivity index (χ2n) is 1.24. The average Bonchev–Trinajstić information content (AvgIpc) is 1.92. The van der Waals surface area contributed by atoms with Crippen LogP contribution in [-0.4, -0.2) is 29.6 Å². The summed E-state index contributed by atoms with van der Waals surface area (Å²) in [5.74, 6) is 0.167. The third-order valence-electron chi connectivity index (χ3n) is 0. The molecule has 5 heteroatoms. The molecule has 0 aliphatic carbocycles. The number of nitriles is 1. The lowest BCUT2D eigenvalue weighted by molar-refractivity contribution is -0.123. The molecular formula is C7H15NO4. The molecule has 5 nitrogen and oxygen atoms in total. The van der Waals surface area contributed by atoms with Crippen molar-refractivity contribution in [2.75, 3.05) is 7.11 Å². The fraction of sp³-hybridized carbons (Fsp3) is 0.571. The summed E-state index contributed by atoms with van der Waals surface area (Å²) in [5.41, 5.74) is 0. The van der Waals surface area contributed by atoms with Crippen LogP contribution in [0.4, 0.5) is 0 Å². The molecule has 0 spiro atoms. The van der Waals surface area contributed by atoms with Crippen molar-refractivity contribution in [1.82, 2.24) is 0 Å². The summed E-state index contributed by atoms with van der Waals surface area (Å²) in [6, 6.07) is 1.75. The Hall–Kier alpha value is -1.41. The van der Waals surface area contributed by atoms with Gasteiger partial charge in [0, 0.05) is 14.0 Å². The number of rotatable bonds is 0. The molecule has 0 saturated carbocycles. The molecule has 0 heterocycles. The van der Waals surface area contributed by atoms with Crippen LogP contribution in [0.1, 0.15) is 20.8 Å². The van der Waals surface area contributed by atoms with Crippen LogP contribution in [0.15, 0.2) is 0 Å². The van der Waals surface area contributed by atoms with Crippen LogP contribution in [0.25, 0.3) is 0 Å². The van der Waals surface area contributed by atoms with Crippen molar-refractivity contribution in [3.8, 4) is 6.07 Å². The molecule has 0 fully saturated rings. The molecule has 0 aliphatic rings. The summed E-state index contributed by atoms with van der Waals surface area (Å²) in [6.07, 6.45) is 0. The molecule has 12 heavy (non-hydrogen) atoms. The van der Waals surface area contributed by atoms with Gasteiger partial charge in [0.25, 0.3) is 6.47 Å². The predicted octanol–water partition coefficient (Wildman–Crippen LogP) is 0.434. The van der Waals surface area contributed by atoms with Gasteiger partial charge in [0.1, 0.15) is 5.78 Å².